The summed E-state index contributed by atoms with van der Waals surface area (Å²) in [5, 5.41) is 3.00. The lowest BCUT2D eigenvalue weighted by molar-refractivity contribution is 0.0950. The van der Waals surface area contributed by atoms with Crippen LogP contribution in [0.1, 0.15) is 36.5 Å². The summed E-state index contributed by atoms with van der Waals surface area (Å²) >= 11 is 0. The maximum absolute atomic E-state index is 12.3. The minimum atomic E-state index is -0.0502. The van der Waals surface area contributed by atoms with Crippen molar-refractivity contribution < 1.29 is 4.79 Å². The van der Waals surface area contributed by atoms with Crippen LogP contribution in [0.5, 0.6) is 0 Å². The molecule has 0 aromatic carbocycles. The normalized spacial score (nSPS) is 18.5. The molecule has 2 aromatic heterocycles. The zero-order valence-corrected chi connectivity index (χ0v) is 14.2. The van der Waals surface area contributed by atoms with E-state index in [1.807, 2.05) is 6.20 Å². The van der Waals surface area contributed by atoms with Gasteiger partial charge in [0.15, 0.2) is 0 Å². The molecule has 24 heavy (non-hydrogen) atoms. The van der Waals surface area contributed by atoms with E-state index in [2.05, 4.69) is 27.1 Å². The average Bonchev–Trinajstić information content (AvgIpc) is 3.13. The van der Waals surface area contributed by atoms with Crippen molar-refractivity contribution in [3.63, 3.8) is 0 Å². The molecule has 0 unspecified atom stereocenters. The lowest BCUT2D eigenvalue weighted by Crippen LogP contribution is -2.36. The molecule has 128 valence electrons. The maximum Gasteiger partial charge on any atom is 0.251 e. The predicted octanol–water partition coefficient (Wildman–Crippen LogP) is 2.12. The zero-order valence-electron chi connectivity index (χ0n) is 14.2. The van der Waals surface area contributed by atoms with E-state index in [9.17, 15) is 4.79 Å². The SMILES string of the molecule is C[C@@H]1CCCN(CCCNC(=O)c2ccnc(-n3ccnc3)c2)C1. The van der Waals surface area contributed by atoms with Crippen LogP contribution in [0, 0.1) is 5.92 Å². The van der Waals surface area contributed by atoms with Crippen molar-refractivity contribution in [2.75, 3.05) is 26.2 Å². The monoisotopic (exact) mass is 327 g/mol. The molecule has 1 N–H and O–H groups in total. The summed E-state index contributed by atoms with van der Waals surface area (Å²) < 4.78 is 1.79. The van der Waals surface area contributed by atoms with Gasteiger partial charge < -0.3 is 10.2 Å². The lowest BCUT2D eigenvalue weighted by Gasteiger charge is -2.30. The number of carbonyl (C=O) groups is 1. The Balaban J connectivity index is 1.46. The van der Waals surface area contributed by atoms with Crippen molar-refractivity contribution in [1.29, 1.82) is 0 Å². The molecular formula is C18H25N5O. The average molecular weight is 327 g/mol. The van der Waals surface area contributed by atoms with Crippen molar-refractivity contribution in [2.24, 2.45) is 5.92 Å². The summed E-state index contributed by atoms with van der Waals surface area (Å²) in [7, 11) is 0. The van der Waals surface area contributed by atoms with Gasteiger partial charge in [-0.15, -0.1) is 0 Å². The molecule has 6 nitrogen and oxygen atoms in total. The number of nitrogens with one attached hydrogen (secondary N) is 1. The highest BCUT2D eigenvalue weighted by molar-refractivity contribution is 5.94. The van der Waals surface area contributed by atoms with Gasteiger partial charge in [0.2, 0.25) is 0 Å². The van der Waals surface area contributed by atoms with Crippen molar-refractivity contribution in [3.8, 4) is 5.82 Å². The van der Waals surface area contributed by atoms with Crippen molar-refractivity contribution in [3.05, 3.63) is 42.6 Å². The number of likely N-dealkylation sites (tertiary alicyclic amines) is 1. The number of rotatable bonds is 6. The molecule has 1 aliphatic heterocycles. The first kappa shape index (κ1) is 16.6. The van der Waals surface area contributed by atoms with Gasteiger partial charge in [0.05, 0.1) is 0 Å². The number of piperidine rings is 1. The summed E-state index contributed by atoms with van der Waals surface area (Å²) in [6.45, 7) is 6.45. The van der Waals surface area contributed by atoms with E-state index in [0.717, 1.165) is 18.9 Å². The number of imidazole rings is 1. The fraction of sp³-hybridized carbons (Fsp3) is 0.500. The van der Waals surface area contributed by atoms with Crippen LogP contribution in [0.25, 0.3) is 5.82 Å². The molecule has 1 atom stereocenters. The first-order valence-electron chi connectivity index (χ1n) is 8.67. The molecule has 6 heteroatoms. The van der Waals surface area contributed by atoms with E-state index < -0.39 is 0 Å². The van der Waals surface area contributed by atoms with Gasteiger partial charge in [0, 0.05) is 37.2 Å². The molecule has 0 bridgehead atoms. The van der Waals surface area contributed by atoms with Gasteiger partial charge in [-0.3, -0.25) is 9.36 Å². The first-order valence-corrected chi connectivity index (χ1v) is 8.67. The third-order valence-corrected chi connectivity index (χ3v) is 4.45. The first-order chi connectivity index (χ1) is 11.7. The fourth-order valence-corrected chi connectivity index (χ4v) is 3.19. The highest BCUT2D eigenvalue weighted by Crippen LogP contribution is 2.15. The molecule has 0 saturated carbocycles. The second-order valence-corrected chi connectivity index (χ2v) is 6.53. The zero-order chi connectivity index (χ0) is 16.8. The van der Waals surface area contributed by atoms with Gasteiger partial charge in [-0.2, -0.15) is 0 Å². The van der Waals surface area contributed by atoms with Crippen LogP contribution in [0.2, 0.25) is 0 Å². The number of carbonyl (C=O) groups excluding carboxylic acids is 1. The number of nitrogens with zero attached hydrogens (tertiary/aromatic N) is 4. The van der Waals surface area contributed by atoms with Crippen LogP contribution >= 0.6 is 0 Å². The van der Waals surface area contributed by atoms with Gasteiger partial charge >= 0.3 is 0 Å². The maximum atomic E-state index is 12.3. The number of hydrogen-bond acceptors (Lipinski definition) is 4. The Morgan fingerprint density at radius 1 is 1.42 bits per heavy atom. The molecule has 3 rings (SSSR count). The van der Waals surface area contributed by atoms with E-state index >= 15 is 0 Å². The third-order valence-electron chi connectivity index (χ3n) is 4.45. The van der Waals surface area contributed by atoms with Gasteiger partial charge in [-0.05, 0) is 50.4 Å². The molecule has 0 aliphatic carbocycles. The smallest absolute Gasteiger partial charge is 0.251 e. The second kappa shape index (κ2) is 8.06. The van der Waals surface area contributed by atoms with Gasteiger partial charge in [-0.25, -0.2) is 9.97 Å². The van der Waals surface area contributed by atoms with Crippen LogP contribution in [0.3, 0.4) is 0 Å². The molecule has 1 fully saturated rings. The highest BCUT2D eigenvalue weighted by Gasteiger charge is 2.15. The van der Waals surface area contributed by atoms with E-state index in [1.54, 1.807) is 35.4 Å². The minimum absolute atomic E-state index is 0.0502. The van der Waals surface area contributed by atoms with Crippen LogP contribution in [-0.2, 0) is 0 Å². The molecule has 1 saturated heterocycles. The lowest BCUT2D eigenvalue weighted by atomic mass is 10.0. The number of hydrogen-bond donors (Lipinski definition) is 1. The van der Waals surface area contributed by atoms with Crippen molar-refractivity contribution in [1.82, 2.24) is 24.8 Å². The third kappa shape index (κ3) is 4.41. The largest absolute Gasteiger partial charge is 0.352 e. The van der Waals surface area contributed by atoms with Gasteiger partial charge in [0.1, 0.15) is 12.1 Å². The van der Waals surface area contributed by atoms with Crippen molar-refractivity contribution >= 4 is 5.91 Å². The van der Waals surface area contributed by atoms with Crippen LogP contribution in [0.15, 0.2) is 37.1 Å². The van der Waals surface area contributed by atoms with E-state index in [0.29, 0.717) is 17.9 Å². The molecule has 0 radical (unpaired) electrons. The van der Waals surface area contributed by atoms with Crippen LogP contribution < -0.4 is 5.32 Å². The summed E-state index contributed by atoms with van der Waals surface area (Å²) in [6.07, 6.45) is 10.4. The second-order valence-electron chi connectivity index (χ2n) is 6.53. The van der Waals surface area contributed by atoms with Gasteiger partial charge in [-0.1, -0.05) is 6.92 Å². The number of pyridine rings is 1. The van der Waals surface area contributed by atoms with Gasteiger partial charge in [0.25, 0.3) is 5.91 Å². The topological polar surface area (TPSA) is 63.1 Å². The highest BCUT2D eigenvalue weighted by atomic mass is 16.1. The van der Waals surface area contributed by atoms with Crippen molar-refractivity contribution in [2.45, 2.75) is 26.2 Å². The quantitative estimate of drug-likeness (QED) is 0.826. The van der Waals surface area contributed by atoms with E-state index in [-0.39, 0.29) is 5.91 Å². The Morgan fingerprint density at radius 3 is 3.12 bits per heavy atom. The Bertz CT molecular complexity index is 655. The Hall–Kier alpha value is -2.21. The number of aromatic nitrogens is 3. The summed E-state index contributed by atoms with van der Waals surface area (Å²) in [6, 6.07) is 3.52. The number of amides is 1. The van der Waals surface area contributed by atoms with Crippen LogP contribution in [0.4, 0.5) is 0 Å². The fourth-order valence-electron chi connectivity index (χ4n) is 3.19. The minimum Gasteiger partial charge on any atom is -0.352 e. The molecule has 0 spiro atoms. The molecule has 3 heterocycles. The summed E-state index contributed by atoms with van der Waals surface area (Å²) in [5.41, 5.74) is 0.625. The molecular weight excluding hydrogens is 302 g/mol. The Morgan fingerprint density at radius 2 is 2.33 bits per heavy atom. The predicted molar refractivity (Wildman–Crippen MR) is 93.1 cm³/mol. The Kier molecular flexibility index (Phi) is 5.59. The molecule has 2 aromatic rings. The molecule has 1 amide bonds. The summed E-state index contributed by atoms with van der Waals surface area (Å²) in [4.78, 5) is 23.1. The van der Waals surface area contributed by atoms with E-state index in [1.165, 1.54) is 25.9 Å². The molecule has 1 aliphatic rings. The van der Waals surface area contributed by atoms with E-state index in [4.69, 9.17) is 0 Å². The van der Waals surface area contributed by atoms with Crippen LogP contribution in [-0.4, -0.2) is 51.5 Å². The Labute approximate surface area is 142 Å². The summed E-state index contributed by atoms with van der Waals surface area (Å²) in [5.74, 6) is 1.44. The standard InChI is InChI=1S/C18H25N5O/c1-15-4-2-9-22(13-15)10-3-6-21-18(24)16-5-7-20-17(12-16)23-11-8-19-14-23/h5,7-8,11-12,14-15H,2-4,6,9-10,13H2,1H3,(H,21,24)/t15-/m1/s1.